The van der Waals surface area contributed by atoms with Gasteiger partial charge >= 0.3 is 11.9 Å². The number of nitrogens with zero attached hydrogens (tertiary/aromatic N) is 2. The first kappa shape index (κ1) is 19.0. The zero-order valence-electron chi connectivity index (χ0n) is 13.8. The standard InChI is InChI=1S/C14H15N5O6S2/c1-4-5-2-26-11(18-7(5)13(23)25-4)9(12(21)22)17-10(20)8(19-24)6-3-27-14(15)16-6/h3-4,9,11,18,24H,2H2,1H3,(H2,15,16)(H,17,20)(H,21,22)/b19-8+. The van der Waals surface area contributed by atoms with Gasteiger partial charge in [0.2, 0.25) is 0 Å². The first-order valence-electron chi connectivity index (χ1n) is 7.61. The molecule has 2 aliphatic rings. The zero-order valence-corrected chi connectivity index (χ0v) is 15.5. The molecule has 0 fully saturated rings. The average Bonchev–Trinajstić information content (AvgIpc) is 3.16. The van der Waals surface area contributed by atoms with Crippen molar-refractivity contribution < 1.29 is 29.4 Å². The Hall–Kier alpha value is -2.80. The first-order valence-corrected chi connectivity index (χ1v) is 9.54. The Bertz CT molecular complexity index is 866. The molecule has 13 heteroatoms. The Labute approximate surface area is 160 Å². The summed E-state index contributed by atoms with van der Waals surface area (Å²) in [6.07, 6.45) is -0.380. The van der Waals surface area contributed by atoms with E-state index in [4.69, 9.17) is 15.7 Å². The van der Waals surface area contributed by atoms with Crippen LogP contribution in [0.1, 0.15) is 12.6 Å². The van der Waals surface area contributed by atoms with E-state index in [1.807, 2.05) is 0 Å². The maximum absolute atomic E-state index is 12.4. The molecule has 3 unspecified atom stereocenters. The van der Waals surface area contributed by atoms with Crippen LogP contribution < -0.4 is 16.4 Å². The van der Waals surface area contributed by atoms with Crippen LogP contribution in [0.3, 0.4) is 0 Å². The van der Waals surface area contributed by atoms with Gasteiger partial charge in [-0.3, -0.25) is 4.79 Å². The highest BCUT2D eigenvalue weighted by Crippen LogP contribution is 2.32. The van der Waals surface area contributed by atoms with Crippen LogP contribution in [-0.2, 0) is 19.1 Å². The third-order valence-corrected chi connectivity index (χ3v) is 5.84. The summed E-state index contributed by atoms with van der Waals surface area (Å²) in [5.74, 6) is -2.45. The summed E-state index contributed by atoms with van der Waals surface area (Å²) in [6.45, 7) is 1.73. The largest absolute Gasteiger partial charge is 0.480 e. The van der Waals surface area contributed by atoms with Crippen molar-refractivity contribution in [3.8, 4) is 0 Å². The minimum atomic E-state index is -1.41. The van der Waals surface area contributed by atoms with Crippen molar-refractivity contribution in [1.82, 2.24) is 15.6 Å². The predicted octanol–water partition coefficient (Wildman–Crippen LogP) is -0.665. The van der Waals surface area contributed by atoms with Crippen molar-refractivity contribution in [2.45, 2.75) is 24.4 Å². The molecule has 0 spiro atoms. The van der Waals surface area contributed by atoms with Crippen LogP contribution in [0.5, 0.6) is 0 Å². The van der Waals surface area contributed by atoms with Crippen molar-refractivity contribution in [1.29, 1.82) is 0 Å². The molecule has 11 nitrogen and oxygen atoms in total. The summed E-state index contributed by atoms with van der Waals surface area (Å²) in [5.41, 5.74) is 6.00. The van der Waals surface area contributed by atoms with E-state index in [0.717, 1.165) is 16.9 Å². The highest BCUT2D eigenvalue weighted by molar-refractivity contribution is 8.00. The van der Waals surface area contributed by atoms with Crippen molar-refractivity contribution in [2.24, 2.45) is 5.16 Å². The molecule has 0 aliphatic carbocycles. The molecule has 1 amide bonds. The number of hydrogen-bond acceptors (Lipinski definition) is 11. The number of cyclic esters (lactones) is 1. The summed E-state index contributed by atoms with van der Waals surface area (Å²) in [6, 6.07) is -1.41. The highest BCUT2D eigenvalue weighted by atomic mass is 32.2. The number of thiazole rings is 1. The van der Waals surface area contributed by atoms with Crippen molar-refractivity contribution in [3.63, 3.8) is 0 Å². The minimum absolute atomic E-state index is 0.0177. The van der Waals surface area contributed by atoms with E-state index in [9.17, 15) is 19.5 Å². The average molecular weight is 413 g/mol. The molecule has 3 rings (SSSR count). The molecular formula is C14H15N5O6S2. The smallest absolute Gasteiger partial charge is 0.355 e. The van der Waals surface area contributed by atoms with Crippen LogP contribution in [0.4, 0.5) is 5.13 Å². The van der Waals surface area contributed by atoms with E-state index >= 15 is 0 Å². The van der Waals surface area contributed by atoms with Gasteiger partial charge in [-0.1, -0.05) is 5.16 Å². The molecule has 6 N–H and O–H groups in total. The number of anilines is 1. The van der Waals surface area contributed by atoms with Crippen LogP contribution in [0, 0.1) is 0 Å². The van der Waals surface area contributed by atoms with Crippen LogP contribution >= 0.6 is 23.1 Å². The van der Waals surface area contributed by atoms with Crippen LogP contribution in [0.25, 0.3) is 0 Å². The van der Waals surface area contributed by atoms with Gasteiger partial charge in [-0.15, -0.1) is 23.1 Å². The number of nitrogens with two attached hydrogens (primary N) is 1. The summed E-state index contributed by atoms with van der Waals surface area (Å²) in [5, 5.41) is 27.4. The second-order valence-corrected chi connectivity index (χ2v) is 7.65. The maximum Gasteiger partial charge on any atom is 0.355 e. The molecule has 27 heavy (non-hydrogen) atoms. The molecule has 3 heterocycles. The number of carboxylic acids is 1. The molecule has 0 aromatic carbocycles. The van der Waals surface area contributed by atoms with Gasteiger partial charge in [0.1, 0.15) is 22.9 Å². The molecule has 0 saturated carbocycles. The maximum atomic E-state index is 12.4. The van der Waals surface area contributed by atoms with Crippen molar-refractivity contribution in [3.05, 3.63) is 22.3 Å². The number of rotatable bonds is 5. The summed E-state index contributed by atoms with van der Waals surface area (Å²) < 4.78 is 5.10. The van der Waals surface area contributed by atoms with Gasteiger partial charge in [-0.2, -0.15) is 0 Å². The molecule has 1 aromatic heterocycles. The van der Waals surface area contributed by atoms with Gasteiger partial charge in [-0.05, 0) is 6.92 Å². The lowest BCUT2D eigenvalue weighted by Crippen LogP contribution is -2.55. The Morgan fingerprint density at radius 3 is 2.89 bits per heavy atom. The van der Waals surface area contributed by atoms with E-state index in [-0.39, 0.29) is 22.6 Å². The number of amides is 1. The number of aromatic nitrogens is 1. The van der Waals surface area contributed by atoms with Crippen molar-refractivity contribution in [2.75, 3.05) is 11.5 Å². The number of carbonyl (C=O) groups excluding carboxylic acids is 2. The lowest BCUT2D eigenvalue weighted by Gasteiger charge is -2.29. The lowest BCUT2D eigenvalue weighted by atomic mass is 10.1. The van der Waals surface area contributed by atoms with E-state index in [2.05, 4.69) is 20.8 Å². The lowest BCUT2D eigenvalue weighted by molar-refractivity contribution is -0.142. The fourth-order valence-corrected chi connectivity index (χ4v) is 4.46. The number of thioether (sulfide) groups is 1. The number of carbonyl (C=O) groups is 3. The number of esters is 1. The molecule has 3 atom stereocenters. The quantitative estimate of drug-likeness (QED) is 0.180. The van der Waals surface area contributed by atoms with Crippen LogP contribution in [-0.4, -0.2) is 62.1 Å². The normalized spacial score (nSPS) is 23.3. The molecule has 0 saturated heterocycles. The molecule has 0 bridgehead atoms. The van der Waals surface area contributed by atoms with Gasteiger partial charge in [-0.25, -0.2) is 14.6 Å². The zero-order chi connectivity index (χ0) is 19.7. The third-order valence-electron chi connectivity index (χ3n) is 3.94. The number of nitrogen functional groups attached to an aromatic ring is 1. The SMILES string of the molecule is CC1OC(=O)C2=C1CSC(C(NC(=O)/C(=N/O)c1csc(N)n1)C(=O)O)N2. The van der Waals surface area contributed by atoms with Gasteiger partial charge in [0.05, 0.1) is 0 Å². The van der Waals surface area contributed by atoms with Gasteiger partial charge in [0.25, 0.3) is 5.91 Å². The Balaban J connectivity index is 1.77. The Kier molecular flexibility index (Phi) is 5.23. The molecule has 1 aromatic rings. The first-order chi connectivity index (χ1) is 12.8. The summed E-state index contributed by atoms with van der Waals surface area (Å²) in [7, 11) is 0. The predicted molar refractivity (Wildman–Crippen MR) is 96.4 cm³/mol. The number of ether oxygens (including phenoxy) is 1. The van der Waals surface area contributed by atoms with E-state index in [1.54, 1.807) is 6.92 Å². The monoisotopic (exact) mass is 413 g/mol. The van der Waals surface area contributed by atoms with Gasteiger partial charge in [0, 0.05) is 16.7 Å². The van der Waals surface area contributed by atoms with Crippen LogP contribution in [0.2, 0.25) is 0 Å². The highest BCUT2D eigenvalue weighted by Gasteiger charge is 2.41. The second-order valence-electron chi connectivity index (χ2n) is 5.63. The van der Waals surface area contributed by atoms with Gasteiger partial charge in [0.15, 0.2) is 16.9 Å². The van der Waals surface area contributed by atoms with Crippen molar-refractivity contribution >= 4 is 51.8 Å². The number of aliphatic carboxylic acids is 1. The van der Waals surface area contributed by atoms with E-state index in [1.165, 1.54) is 17.1 Å². The second kappa shape index (κ2) is 7.44. The number of oxime groups is 1. The van der Waals surface area contributed by atoms with Gasteiger partial charge < -0.3 is 31.4 Å². The molecule has 0 radical (unpaired) electrons. The minimum Gasteiger partial charge on any atom is -0.480 e. The molecule has 2 aliphatic heterocycles. The van der Waals surface area contributed by atoms with E-state index < -0.39 is 35.0 Å². The summed E-state index contributed by atoms with van der Waals surface area (Å²) in [4.78, 5) is 39.8. The summed E-state index contributed by atoms with van der Waals surface area (Å²) >= 11 is 2.24. The van der Waals surface area contributed by atoms with E-state index in [0.29, 0.717) is 5.75 Å². The molecule has 144 valence electrons. The Morgan fingerprint density at radius 2 is 2.30 bits per heavy atom. The topological polar surface area (TPSA) is 176 Å². The molecular weight excluding hydrogens is 398 g/mol. The number of hydrogen-bond donors (Lipinski definition) is 5. The number of carboxylic acid groups (broad SMARTS) is 1. The Morgan fingerprint density at radius 1 is 1.56 bits per heavy atom. The fraction of sp³-hybridized carbons (Fsp3) is 0.357. The third kappa shape index (κ3) is 3.68. The van der Waals surface area contributed by atoms with Crippen LogP contribution in [0.15, 0.2) is 21.8 Å². The number of nitrogens with one attached hydrogen (secondary N) is 2. The fourth-order valence-electron chi connectivity index (χ4n) is 2.60.